The number of nitrogens with one attached hydrogen (secondary N) is 1. The highest BCUT2D eigenvalue weighted by Gasteiger charge is 2.25. The van der Waals surface area contributed by atoms with Crippen LogP contribution in [0.4, 0.5) is 10.5 Å². The monoisotopic (exact) mass is 475 g/mol. The van der Waals surface area contributed by atoms with Crippen LogP contribution in [0.1, 0.15) is 43.0 Å². The average Bonchev–Trinajstić information content (AvgIpc) is 3.04. The largest absolute Gasteiger partial charge is 0.444 e. The molecule has 1 heterocycles. The number of anilines is 1. The standard InChI is InChI=1S/C28H30ClN3O2/c1-28(2,3)34-27(33)32-18-16-20-14-15-24(29)26(23(20)17-19-32)31-30-25(21-10-6-4-7-11-21)22-12-8-5-9-13-22/h4-15,31H,16-19H2,1-3H3. The first kappa shape index (κ1) is 23.8. The third-order valence-corrected chi connectivity index (χ3v) is 5.98. The maximum absolute atomic E-state index is 12.6. The van der Waals surface area contributed by atoms with E-state index in [-0.39, 0.29) is 6.09 Å². The van der Waals surface area contributed by atoms with E-state index in [0.29, 0.717) is 24.5 Å². The molecule has 1 amide bonds. The van der Waals surface area contributed by atoms with Gasteiger partial charge in [-0.3, -0.25) is 5.43 Å². The van der Waals surface area contributed by atoms with Gasteiger partial charge in [0.25, 0.3) is 0 Å². The van der Waals surface area contributed by atoms with Gasteiger partial charge in [-0.1, -0.05) is 78.3 Å². The molecular formula is C28H30ClN3O2. The zero-order valence-electron chi connectivity index (χ0n) is 19.8. The molecule has 0 radical (unpaired) electrons. The predicted octanol–water partition coefficient (Wildman–Crippen LogP) is 6.54. The van der Waals surface area contributed by atoms with Gasteiger partial charge in [0, 0.05) is 24.2 Å². The summed E-state index contributed by atoms with van der Waals surface area (Å²) in [5, 5.41) is 5.42. The van der Waals surface area contributed by atoms with Crippen molar-refractivity contribution in [3.63, 3.8) is 0 Å². The van der Waals surface area contributed by atoms with E-state index in [4.69, 9.17) is 21.4 Å². The molecule has 3 aromatic rings. The number of nitrogens with zero attached hydrogens (tertiary/aromatic N) is 2. The molecule has 0 saturated carbocycles. The van der Waals surface area contributed by atoms with Crippen LogP contribution in [0.5, 0.6) is 0 Å². The van der Waals surface area contributed by atoms with Crippen LogP contribution in [0.25, 0.3) is 0 Å². The molecule has 34 heavy (non-hydrogen) atoms. The molecule has 0 atom stereocenters. The molecule has 0 bridgehead atoms. The Morgan fingerprint density at radius 2 is 1.50 bits per heavy atom. The van der Waals surface area contributed by atoms with E-state index < -0.39 is 5.60 Å². The number of rotatable bonds is 4. The van der Waals surface area contributed by atoms with E-state index in [1.165, 1.54) is 0 Å². The molecule has 0 fully saturated rings. The Bertz CT molecular complexity index is 1130. The van der Waals surface area contributed by atoms with Crippen molar-refractivity contribution in [2.75, 3.05) is 18.5 Å². The Kier molecular flexibility index (Phi) is 7.23. The number of carbonyl (C=O) groups is 1. The molecule has 5 nitrogen and oxygen atoms in total. The van der Waals surface area contributed by atoms with Crippen molar-refractivity contribution in [2.24, 2.45) is 5.10 Å². The van der Waals surface area contributed by atoms with Gasteiger partial charge >= 0.3 is 6.09 Å². The Labute approximate surface area is 206 Å². The number of hydrazone groups is 1. The second-order valence-corrected chi connectivity index (χ2v) is 9.74. The number of fused-ring (bicyclic) bond motifs is 1. The zero-order valence-corrected chi connectivity index (χ0v) is 20.6. The number of benzene rings is 3. The minimum Gasteiger partial charge on any atom is -0.444 e. The van der Waals surface area contributed by atoms with Gasteiger partial charge in [0.1, 0.15) is 5.60 Å². The van der Waals surface area contributed by atoms with Crippen LogP contribution in [0.2, 0.25) is 5.02 Å². The van der Waals surface area contributed by atoms with Crippen molar-refractivity contribution in [3.05, 3.63) is 100 Å². The molecule has 1 aliphatic rings. The molecule has 0 spiro atoms. The van der Waals surface area contributed by atoms with Crippen LogP contribution in [0.3, 0.4) is 0 Å². The summed E-state index contributed by atoms with van der Waals surface area (Å²) >= 11 is 6.64. The number of halogens is 1. The summed E-state index contributed by atoms with van der Waals surface area (Å²) in [7, 11) is 0. The highest BCUT2D eigenvalue weighted by molar-refractivity contribution is 6.33. The lowest BCUT2D eigenvalue weighted by atomic mass is 10.0. The van der Waals surface area contributed by atoms with E-state index in [0.717, 1.165) is 40.1 Å². The molecule has 6 heteroatoms. The number of hydrogen-bond acceptors (Lipinski definition) is 4. The van der Waals surface area contributed by atoms with Gasteiger partial charge in [0.15, 0.2) is 0 Å². The molecule has 3 aromatic carbocycles. The van der Waals surface area contributed by atoms with E-state index >= 15 is 0 Å². The summed E-state index contributed by atoms with van der Waals surface area (Å²) in [6.07, 6.45) is 1.11. The third kappa shape index (κ3) is 5.78. The average molecular weight is 476 g/mol. The number of hydrogen-bond donors (Lipinski definition) is 1. The smallest absolute Gasteiger partial charge is 0.410 e. The molecule has 0 saturated heterocycles. The van der Waals surface area contributed by atoms with Crippen LogP contribution in [-0.2, 0) is 17.6 Å². The Morgan fingerprint density at radius 3 is 2.09 bits per heavy atom. The first-order valence-electron chi connectivity index (χ1n) is 11.5. The number of amides is 1. The number of ether oxygens (including phenoxy) is 1. The molecule has 0 aliphatic carbocycles. The first-order valence-corrected chi connectivity index (χ1v) is 11.9. The van der Waals surface area contributed by atoms with Gasteiger partial charge in [0.2, 0.25) is 0 Å². The van der Waals surface area contributed by atoms with Gasteiger partial charge < -0.3 is 9.64 Å². The summed E-state index contributed by atoms with van der Waals surface area (Å²) in [4.78, 5) is 14.4. The van der Waals surface area contributed by atoms with E-state index in [1.807, 2.05) is 93.6 Å². The SMILES string of the molecule is CC(C)(C)OC(=O)N1CCc2ccc(Cl)c(NN=C(c3ccccc3)c3ccccc3)c2CC1. The lowest BCUT2D eigenvalue weighted by molar-refractivity contribution is 0.0258. The number of carbonyl (C=O) groups excluding carboxylic acids is 1. The lowest BCUT2D eigenvalue weighted by Crippen LogP contribution is -2.38. The summed E-state index contributed by atoms with van der Waals surface area (Å²) in [5.74, 6) is 0. The first-order chi connectivity index (χ1) is 16.3. The minimum atomic E-state index is -0.522. The summed E-state index contributed by atoms with van der Waals surface area (Å²) in [6, 6.07) is 24.1. The molecule has 1 aliphatic heterocycles. The van der Waals surface area contributed by atoms with Crippen LogP contribution in [0, 0.1) is 0 Å². The van der Waals surface area contributed by atoms with Crippen LogP contribution in [0.15, 0.2) is 77.9 Å². The Morgan fingerprint density at radius 1 is 0.912 bits per heavy atom. The van der Waals surface area contributed by atoms with Crippen LogP contribution < -0.4 is 5.43 Å². The highest BCUT2D eigenvalue weighted by atomic mass is 35.5. The van der Waals surface area contributed by atoms with E-state index in [2.05, 4.69) is 5.43 Å². The summed E-state index contributed by atoms with van der Waals surface area (Å²) in [5.41, 5.74) is 8.63. The lowest BCUT2D eigenvalue weighted by Gasteiger charge is -2.26. The Hall–Kier alpha value is -3.31. The third-order valence-electron chi connectivity index (χ3n) is 5.67. The van der Waals surface area contributed by atoms with Gasteiger partial charge in [-0.2, -0.15) is 5.10 Å². The second-order valence-electron chi connectivity index (χ2n) is 9.33. The quantitative estimate of drug-likeness (QED) is 0.344. The minimum absolute atomic E-state index is 0.283. The molecular weight excluding hydrogens is 446 g/mol. The second kappa shape index (κ2) is 10.3. The van der Waals surface area contributed by atoms with E-state index in [9.17, 15) is 4.79 Å². The van der Waals surface area contributed by atoms with Crippen molar-refractivity contribution >= 4 is 29.1 Å². The highest BCUT2D eigenvalue weighted by Crippen LogP contribution is 2.32. The van der Waals surface area contributed by atoms with E-state index in [1.54, 1.807) is 4.90 Å². The Balaban J connectivity index is 1.63. The van der Waals surface area contributed by atoms with Crippen molar-refractivity contribution in [2.45, 2.75) is 39.2 Å². The fourth-order valence-electron chi connectivity index (χ4n) is 4.03. The van der Waals surface area contributed by atoms with Crippen molar-refractivity contribution in [1.82, 2.24) is 4.90 Å². The molecule has 0 aromatic heterocycles. The van der Waals surface area contributed by atoms with Gasteiger partial charge in [0.05, 0.1) is 16.4 Å². The maximum Gasteiger partial charge on any atom is 0.410 e. The molecule has 1 N–H and O–H groups in total. The molecule has 176 valence electrons. The summed E-state index contributed by atoms with van der Waals surface area (Å²) < 4.78 is 5.59. The maximum atomic E-state index is 12.6. The van der Waals surface area contributed by atoms with Gasteiger partial charge in [-0.15, -0.1) is 0 Å². The van der Waals surface area contributed by atoms with Gasteiger partial charge in [-0.05, 0) is 50.8 Å². The fraction of sp³-hybridized carbons (Fsp3) is 0.286. The fourth-order valence-corrected chi connectivity index (χ4v) is 4.25. The van der Waals surface area contributed by atoms with Gasteiger partial charge in [-0.25, -0.2) is 4.79 Å². The predicted molar refractivity (Wildman–Crippen MR) is 139 cm³/mol. The van der Waals surface area contributed by atoms with Crippen molar-refractivity contribution in [1.29, 1.82) is 0 Å². The van der Waals surface area contributed by atoms with Crippen LogP contribution in [-0.4, -0.2) is 35.4 Å². The molecule has 0 unspecified atom stereocenters. The van der Waals surface area contributed by atoms with Crippen molar-refractivity contribution in [3.8, 4) is 0 Å². The van der Waals surface area contributed by atoms with Crippen molar-refractivity contribution < 1.29 is 9.53 Å². The zero-order chi connectivity index (χ0) is 24.1. The molecule has 4 rings (SSSR count). The summed E-state index contributed by atoms with van der Waals surface area (Å²) in [6.45, 7) is 6.81. The normalized spacial score (nSPS) is 13.5. The van der Waals surface area contributed by atoms with Crippen LogP contribution >= 0.6 is 11.6 Å². The topological polar surface area (TPSA) is 53.9 Å².